The monoisotopic (exact) mass is 292 g/mol. The highest BCUT2D eigenvalue weighted by atomic mass is 16.2. The molecule has 1 spiro atoms. The maximum absolute atomic E-state index is 12.3. The van der Waals surface area contributed by atoms with Gasteiger partial charge in [-0.15, -0.1) is 0 Å². The van der Waals surface area contributed by atoms with Gasteiger partial charge >= 0.3 is 0 Å². The first kappa shape index (κ1) is 15.0. The summed E-state index contributed by atoms with van der Waals surface area (Å²) in [6.45, 7) is 3.99. The van der Waals surface area contributed by atoms with E-state index in [1.54, 1.807) is 0 Å². The van der Waals surface area contributed by atoms with E-state index in [9.17, 15) is 9.59 Å². The van der Waals surface area contributed by atoms with Crippen LogP contribution in [0.15, 0.2) is 0 Å². The van der Waals surface area contributed by atoms with Crippen LogP contribution >= 0.6 is 0 Å². The van der Waals surface area contributed by atoms with Gasteiger partial charge in [-0.1, -0.05) is 19.3 Å². The van der Waals surface area contributed by atoms with Gasteiger partial charge in [0, 0.05) is 25.9 Å². The average Bonchev–Trinajstić information content (AvgIpc) is 2.51. The summed E-state index contributed by atoms with van der Waals surface area (Å²) >= 11 is 0. The van der Waals surface area contributed by atoms with Gasteiger partial charge in [-0.3, -0.25) is 14.5 Å². The van der Waals surface area contributed by atoms with Crippen LogP contribution in [0.2, 0.25) is 0 Å². The molecule has 0 atom stereocenters. The molecule has 0 radical (unpaired) electrons. The van der Waals surface area contributed by atoms with Crippen LogP contribution in [0.4, 0.5) is 0 Å². The van der Waals surface area contributed by atoms with Crippen molar-refractivity contribution >= 4 is 11.7 Å². The summed E-state index contributed by atoms with van der Waals surface area (Å²) in [5, 5.41) is 0. The maximum Gasteiger partial charge on any atom is 0.236 e. The third kappa shape index (κ3) is 3.65. The van der Waals surface area contributed by atoms with E-state index in [-0.39, 0.29) is 5.91 Å². The van der Waals surface area contributed by atoms with E-state index in [2.05, 4.69) is 4.90 Å². The van der Waals surface area contributed by atoms with E-state index in [1.807, 2.05) is 4.90 Å². The zero-order valence-corrected chi connectivity index (χ0v) is 13.1. The van der Waals surface area contributed by atoms with E-state index < -0.39 is 0 Å². The molecule has 3 aliphatic rings. The van der Waals surface area contributed by atoms with Crippen molar-refractivity contribution in [2.75, 3.05) is 32.7 Å². The summed E-state index contributed by atoms with van der Waals surface area (Å²) in [7, 11) is 0. The van der Waals surface area contributed by atoms with Crippen LogP contribution in [0.25, 0.3) is 0 Å². The Morgan fingerprint density at radius 3 is 2.14 bits per heavy atom. The molecule has 2 aliphatic heterocycles. The zero-order chi connectivity index (χ0) is 14.7. The van der Waals surface area contributed by atoms with Crippen molar-refractivity contribution in [2.24, 2.45) is 5.41 Å². The molecule has 0 unspecified atom stereocenters. The summed E-state index contributed by atoms with van der Waals surface area (Å²) in [6.07, 6.45) is 10.7. The number of rotatable bonds is 2. The molecule has 2 saturated heterocycles. The smallest absolute Gasteiger partial charge is 0.236 e. The number of hydrogen-bond acceptors (Lipinski definition) is 3. The standard InChI is InChI=1S/C17H28N2O2/c20-15-4-10-19(11-5-15)16(21)14-18-12-8-17(9-13-18)6-2-1-3-7-17/h1-14H2. The number of hydrogen-bond donors (Lipinski definition) is 0. The van der Waals surface area contributed by atoms with Gasteiger partial charge in [0.2, 0.25) is 5.91 Å². The average molecular weight is 292 g/mol. The normalized spacial score (nSPS) is 27.0. The zero-order valence-electron chi connectivity index (χ0n) is 13.1. The van der Waals surface area contributed by atoms with Crippen LogP contribution in [0.1, 0.15) is 57.8 Å². The van der Waals surface area contributed by atoms with E-state index in [4.69, 9.17) is 0 Å². The number of piperidine rings is 2. The highest BCUT2D eigenvalue weighted by Crippen LogP contribution is 2.44. The lowest BCUT2D eigenvalue weighted by Gasteiger charge is -2.44. The summed E-state index contributed by atoms with van der Waals surface area (Å²) in [5.74, 6) is 0.526. The molecule has 1 aliphatic carbocycles. The Bertz CT molecular complexity index is 382. The lowest BCUT2D eigenvalue weighted by molar-refractivity contribution is -0.136. The molecule has 1 amide bonds. The lowest BCUT2D eigenvalue weighted by Crippen LogP contribution is -2.48. The molecule has 21 heavy (non-hydrogen) atoms. The molecule has 118 valence electrons. The molecular weight excluding hydrogens is 264 g/mol. The van der Waals surface area contributed by atoms with Crippen LogP contribution in [0.3, 0.4) is 0 Å². The first-order chi connectivity index (χ1) is 10.2. The Kier molecular flexibility index (Phi) is 4.63. The molecule has 0 aromatic heterocycles. The third-order valence-electron chi connectivity index (χ3n) is 5.86. The molecule has 1 saturated carbocycles. The Hall–Kier alpha value is -0.900. The van der Waals surface area contributed by atoms with Gasteiger partial charge in [0.1, 0.15) is 5.78 Å². The minimum atomic E-state index is 0.224. The molecule has 4 nitrogen and oxygen atoms in total. The van der Waals surface area contributed by atoms with E-state index >= 15 is 0 Å². The van der Waals surface area contributed by atoms with Gasteiger partial charge < -0.3 is 4.90 Å². The predicted molar refractivity (Wildman–Crippen MR) is 82.0 cm³/mol. The van der Waals surface area contributed by atoms with Gasteiger partial charge in [-0.05, 0) is 44.2 Å². The number of carbonyl (C=O) groups is 2. The number of carbonyl (C=O) groups excluding carboxylic acids is 2. The van der Waals surface area contributed by atoms with Crippen LogP contribution < -0.4 is 0 Å². The summed E-state index contributed by atoms with van der Waals surface area (Å²) in [4.78, 5) is 27.8. The molecule has 0 bridgehead atoms. The van der Waals surface area contributed by atoms with Gasteiger partial charge in [0.15, 0.2) is 0 Å². The van der Waals surface area contributed by atoms with Crippen LogP contribution in [-0.2, 0) is 9.59 Å². The highest BCUT2D eigenvalue weighted by Gasteiger charge is 2.36. The van der Waals surface area contributed by atoms with Crippen molar-refractivity contribution in [3.63, 3.8) is 0 Å². The second-order valence-electron chi connectivity index (χ2n) is 7.26. The predicted octanol–water partition coefficient (Wildman–Crippen LogP) is 2.22. The fraction of sp³-hybridized carbons (Fsp3) is 0.882. The lowest BCUT2D eigenvalue weighted by atomic mass is 9.68. The molecule has 0 aromatic carbocycles. The second kappa shape index (κ2) is 6.47. The van der Waals surface area contributed by atoms with E-state index in [0.717, 1.165) is 13.1 Å². The van der Waals surface area contributed by atoms with Crippen LogP contribution in [-0.4, -0.2) is 54.2 Å². The van der Waals surface area contributed by atoms with Gasteiger partial charge in [0.05, 0.1) is 6.54 Å². The largest absolute Gasteiger partial charge is 0.341 e. The molecule has 3 fully saturated rings. The number of nitrogens with zero attached hydrogens (tertiary/aromatic N) is 2. The number of ketones is 1. The first-order valence-electron chi connectivity index (χ1n) is 8.69. The third-order valence-corrected chi connectivity index (χ3v) is 5.86. The number of Topliss-reactive ketones (excluding diaryl/α,β-unsaturated/α-hetero) is 1. The van der Waals surface area contributed by atoms with Gasteiger partial charge in [-0.25, -0.2) is 0 Å². The molecule has 4 heteroatoms. The van der Waals surface area contributed by atoms with Crippen molar-refractivity contribution in [2.45, 2.75) is 57.8 Å². The van der Waals surface area contributed by atoms with Crippen molar-refractivity contribution in [1.82, 2.24) is 9.80 Å². The van der Waals surface area contributed by atoms with Gasteiger partial charge in [0.25, 0.3) is 0 Å². The van der Waals surface area contributed by atoms with E-state index in [0.29, 0.717) is 43.7 Å². The van der Waals surface area contributed by atoms with Crippen molar-refractivity contribution in [1.29, 1.82) is 0 Å². The fourth-order valence-electron chi connectivity index (χ4n) is 4.28. The summed E-state index contributed by atoms with van der Waals surface area (Å²) in [5.41, 5.74) is 0.606. The Morgan fingerprint density at radius 2 is 1.52 bits per heavy atom. The minimum Gasteiger partial charge on any atom is -0.341 e. The Labute approximate surface area is 127 Å². The summed E-state index contributed by atoms with van der Waals surface area (Å²) in [6, 6.07) is 0. The van der Waals surface area contributed by atoms with E-state index in [1.165, 1.54) is 44.9 Å². The second-order valence-corrected chi connectivity index (χ2v) is 7.26. The highest BCUT2D eigenvalue weighted by molar-refractivity contribution is 5.84. The van der Waals surface area contributed by atoms with Crippen molar-refractivity contribution in [3.05, 3.63) is 0 Å². The SMILES string of the molecule is O=C1CCN(C(=O)CN2CCC3(CCCCC3)CC2)CC1. The Morgan fingerprint density at radius 1 is 0.905 bits per heavy atom. The van der Waals surface area contributed by atoms with Crippen molar-refractivity contribution < 1.29 is 9.59 Å². The van der Waals surface area contributed by atoms with Gasteiger partial charge in [-0.2, -0.15) is 0 Å². The van der Waals surface area contributed by atoms with Crippen LogP contribution in [0.5, 0.6) is 0 Å². The topological polar surface area (TPSA) is 40.6 Å². The molecule has 0 N–H and O–H groups in total. The number of likely N-dealkylation sites (tertiary alicyclic amines) is 2. The minimum absolute atomic E-state index is 0.224. The fourth-order valence-corrected chi connectivity index (χ4v) is 4.28. The number of amides is 1. The molecular formula is C17H28N2O2. The van der Waals surface area contributed by atoms with Crippen LogP contribution in [0, 0.1) is 5.41 Å². The van der Waals surface area contributed by atoms with Crippen molar-refractivity contribution in [3.8, 4) is 0 Å². The Balaban J connectivity index is 1.44. The molecule has 0 aromatic rings. The molecule has 2 heterocycles. The summed E-state index contributed by atoms with van der Waals surface area (Å²) < 4.78 is 0. The maximum atomic E-state index is 12.3. The first-order valence-corrected chi connectivity index (χ1v) is 8.69. The quantitative estimate of drug-likeness (QED) is 0.783. The molecule has 3 rings (SSSR count).